The summed E-state index contributed by atoms with van der Waals surface area (Å²) < 4.78 is 5.88. The van der Waals surface area contributed by atoms with Crippen LogP contribution in [-0.2, 0) is 6.61 Å². The first-order chi connectivity index (χ1) is 9.08. The first-order valence-electron chi connectivity index (χ1n) is 6.23. The van der Waals surface area contributed by atoms with E-state index in [-0.39, 0.29) is 0 Å². The zero-order valence-corrected chi connectivity index (χ0v) is 12.5. The Labute approximate surface area is 124 Å². The predicted octanol–water partition coefficient (Wildman–Crippen LogP) is 5.70. The van der Waals surface area contributed by atoms with Crippen molar-refractivity contribution in [3.63, 3.8) is 0 Å². The number of hydrogen-bond donors (Lipinski definition) is 0. The molecule has 0 atom stereocenters. The number of benzene rings is 2. The summed E-state index contributed by atoms with van der Waals surface area (Å²) in [6, 6.07) is 13.5. The Kier molecular flexibility index (Phi) is 4.73. The fourth-order valence-corrected chi connectivity index (χ4v) is 2.35. The van der Waals surface area contributed by atoms with Gasteiger partial charge in [-0.3, -0.25) is 0 Å². The summed E-state index contributed by atoms with van der Waals surface area (Å²) in [5.41, 5.74) is 2.14. The molecular weight excluding hydrogens is 279 g/mol. The van der Waals surface area contributed by atoms with Gasteiger partial charge < -0.3 is 4.74 Å². The third kappa shape index (κ3) is 3.65. The van der Waals surface area contributed by atoms with Crippen molar-refractivity contribution in [2.45, 2.75) is 26.4 Å². The molecule has 0 spiro atoms. The standard InChI is InChI=1S/C16H16Cl2O/c1-11(2)14-5-3-4-6-16(14)19-10-12-7-8-13(17)9-15(12)18/h3-9,11H,10H2,1-2H3. The van der Waals surface area contributed by atoms with Crippen LogP contribution in [0.4, 0.5) is 0 Å². The van der Waals surface area contributed by atoms with Gasteiger partial charge in [-0.05, 0) is 29.7 Å². The predicted molar refractivity (Wildman–Crippen MR) is 81.3 cm³/mol. The highest BCUT2D eigenvalue weighted by molar-refractivity contribution is 6.35. The molecule has 0 fully saturated rings. The molecular formula is C16H16Cl2O. The normalized spacial score (nSPS) is 10.8. The highest BCUT2D eigenvalue weighted by Gasteiger charge is 2.08. The van der Waals surface area contributed by atoms with E-state index in [1.54, 1.807) is 6.07 Å². The molecule has 0 saturated heterocycles. The van der Waals surface area contributed by atoms with Crippen molar-refractivity contribution in [2.75, 3.05) is 0 Å². The zero-order chi connectivity index (χ0) is 13.8. The van der Waals surface area contributed by atoms with Crippen molar-refractivity contribution in [1.82, 2.24) is 0 Å². The van der Waals surface area contributed by atoms with Crippen LogP contribution < -0.4 is 4.74 Å². The van der Waals surface area contributed by atoms with Gasteiger partial charge in [0, 0.05) is 15.6 Å². The third-order valence-electron chi connectivity index (χ3n) is 2.94. The Bertz CT molecular complexity index is 564. The Morgan fingerprint density at radius 2 is 1.79 bits per heavy atom. The Morgan fingerprint density at radius 1 is 1.05 bits per heavy atom. The van der Waals surface area contributed by atoms with E-state index < -0.39 is 0 Å². The maximum absolute atomic E-state index is 6.13. The van der Waals surface area contributed by atoms with Crippen LogP contribution in [-0.4, -0.2) is 0 Å². The minimum atomic E-state index is 0.428. The van der Waals surface area contributed by atoms with Crippen molar-refractivity contribution in [1.29, 1.82) is 0 Å². The van der Waals surface area contributed by atoms with Crippen LogP contribution in [0, 0.1) is 0 Å². The highest BCUT2D eigenvalue weighted by Crippen LogP contribution is 2.28. The van der Waals surface area contributed by atoms with Gasteiger partial charge in [0.15, 0.2) is 0 Å². The van der Waals surface area contributed by atoms with Crippen LogP contribution in [0.25, 0.3) is 0 Å². The topological polar surface area (TPSA) is 9.23 Å². The van der Waals surface area contributed by atoms with Crippen molar-refractivity contribution in [3.8, 4) is 5.75 Å². The van der Waals surface area contributed by atoms with E-state index in [2.05, 4.69) is 19.9 Å². The second kappa shape index (κ2) is 6.31. The van der Waals surface area contributed by atoms with Gasteiger partial charge in [0.05, 0.1) is 0 Å². The molecule has 0 heterocycles. The fourth-order valence-electron chi connectivity index (χ4n) is 1.88. The number of ether oxygens (including phenoxy) is 1. The van der Waals surface area contributed by atoms with Crippen molar-refractivity contribution in [3.05, 3.63) is 63.6 Å². The van der Waals surface area contributed by atoms with Gasteiger partial charge in [0.1, 0.15) is 12.4 Å². The Balaban J connectivity index is 2.14. The first kappa shape index (κ1) is 14.2. The van der Waals surface area contributed by atoms with Crippen molar-refractivity contribution in [2.24, 2.45) is 0 Å². The van der Waals surface area contributed by atoms with Gasteiger partial charge >= 0.3 is 0 Å². The van der Waals surface area contributed by atoms with Gasteiger partial charge in [-0.1, -0.05) is 61.3 Å². The number of halogens is 2. The van der Waals surface area contributed by atoms with E-state index in [9.17, 15) is 0 Å². The minimum Gasteiger partial charge on any atom is -0.489 e. The Hall–Kier alpha value is -1.18. The molecule has 0 amide bonds. The lowest BCUT2D eigenvalue weighted by atomic mass is 10.0. The van der Waals surface area contributed by atoms with E-state index in [0.29, 0.717) is 22.6 Å². The molecule has 19 heavy (non-hydrogen) atoms. The highest BCUT2D eigenvalue weighted by atomic mass is 35.5. The lowest BCUT2D eigenvalue weighted by Gasteiger charge is -2.14. The molecule has 2 aromatic rings. The molecule has 0 saturated carbocycles. The molecule has 0 unspecified atom stereocenters. The van der Waals surface area contributed by atoms with E-state index >= 15 is 0 Å². The van der Waals surface area contributed by atoms with Crippen LogP contribution in [0.5, 0.6) is 5.75 Å². The summed E-state index contributed by atoms with van der Waals surface area (Å²) in [5, 5.41) is 1.27. The number of para-hydroxylation sites is 1. The second-order valence-electron chi connectivity index (χ2n) is 4.72. The molecule has 0 aliphatic heterocycles. The molecule has 1 nitrogen and oxygen atoms in total. The molecule has 2 aromatic carbocycles. The zero-order valence-electron chi connectivity index (χ0n) is 11.0. The molecule has 0 N–H and O–H groups in total. The SMILES string of the molecule is CC(C)c1ccccc1OCc1ccc(Cl)cc1Cl. The van der Waals surface area contributed by atoms with Crippen molar-refractivity contribution >= 4 is 23.2 Å². The molecule has 2 rings (SSSR count). The molecule has 0 aliphatic carbocycles. The molecule has 3 heteroatoms. The average molecular weight is 295 g/mol. The number of rotatable bonds is 4. The van der Waals surface area contributed by atoms with Crippen LogP contribution >= 0.6 is 23.2 Å². The summed E-state index contributed by atoms with van der Waals surface area (Å²) >= 11 is 12.0. The summed E-state index contributed by atoms with van der Waals surface area (Å²) in [6.07, 6.45) is 0. The van der Waals surface area contributed by atoms with Crippen LogP contribution in [0.2, 0.25) is 10.0 Å². The van der Waals surface area contributed by atoms with Crippen LogP contribution in [0.1, 0.15) is 30.9 Å². The van der Waals surface area contributed by atoms with Gasteiger partial charge in [0.2, 0.25) is 0 Å². The summed E-state index contributed by atoms with van der Waals surface area (Å²) in [4.78, 5) is 0. The molecule has 0 aromatic heterocycles. The summed E-state index contributed by atoms with van der Waals surface area (Å²) in [5.74, 6) is 1.33. The quantitative estimate of drug-likeness (QED) is 0.703. The number of hydrogen-bond acceptors (Lipinski definition) is 1. The maximum atomic E-state index is 6.13. The minimum absolute atomic E-state index is 0.428. The largest absolute Gasteiger partial charge is 0.489 e. The van der Waals surface area contributed by atoms with Gasteiger partial charge in [0.25, 0.3) is 0 Å². The maximum Gasteiger partial charge on any atom is 0.123 e. The molecule has 0 radical (unpaired) electrons. The molecule has 100 valence electrons. The van der Waals surface area contributed by atoms with Gasteiger partial charge in [-0.2, -0.15) is 0 Å². The average Bonchev–Trinajstić information content (AvgIpc) is 2.38. The summed E-state index contributed by atoms with van der Waals surface area (Å²) in [6.45, 7) is 4.74. The third-order valence-corrected chi connectivity index (χ3v) is 3.53. The lowest BCUT2D eigenvalue weighted by molar-refractivity contribution is 0.302. The van der Waals surface area contributed by atoms with Crippen LogP contribution in [0.15, 0.2) is 42.5 Å². The molecule has 0 bridgehead atoms. The lowest BCUT2D eigenvalue weighted by Crippen LogP contribution is -2.00. The van der Waals surface area contributed by atoms with Gasteiger partial charge in [-0.15, -0.1) is 0 Å². The fraction of sp³-hybridized carbons (Fsp3) is 0.250. The first-order valence-corrected chi connectivity index (χ1v) is 6.99. The molecule has 0 aliphatic rings. The van der Waals surface area contributed by atoms with Crippen molar-refractivity contribution < 1.29 is 4.74 Å². The van der Waals surface area contributed by atoms with E-state index in [1.165, 1.54) is 5.56 Å². The van der Waals surface area contributed by atoms with E-state index in [4.69, 9.17) is 27.9 Å². The van der Waals surface area contributed by atoms with Crippen LogP contribution in [0.3, 0.4) is 0 Å². The van der Waals surface area contributed by atoms with Gasteiger partial charge in [-0.25, -0.2) is 0 Å². The monoisotopic (exact) mass is 294 g/mol. The smallest absolute Gasteiger partial charge is 0.123 e. The van der Waals surface area contributed by atoms with E-state index in [0.717, 1.165) is 11.3 Å². The second-order valence-corrected chi connectivity index (χ2v) is 5.56. The van der Waals surface area contributed by atoms with E-state index in [1.807, 2.05) is 30.3 Å². The summed E-state index contributed by atoms with van der Waals surface area (Å²) in [7, 11) is 0. The Morgan fingerprint density at radius 3 is 2.47 bits per heavy atom.